The van der Waals surface area contributed by atoms with Crippen molar-refractivity contribution in [1.82, 2.24) is 0 Å². The van der Waals surface area contributed by atoms with Gasteiger partial charge in [0.05, 0.1) is 28.4 Å². The third kappa shape index (κ3) is 7.33. The fraction of sp³-hybridized carbons (Fsp3) is 0.0847. The summed E-state index contributed by atoms with van der Waals surface area (Å²) in [6, 6.07) is 62.8. The summed E-state index contributed by atoms with van der Waals surface area (Å²) < 4.78 is 6.20. The molecule has 0 saturated carbocycles. The molecule has 3 nitrogen and oxygen atoms in total. The molecule has 0 aromatic heterocycles. The first-order valence-electron chi connectivity index (χ1n) is 21.4. The van der Waals surface area contributed by atoms with Gasteiger partial charge in [-0.05, 0) is 103 Å². The molecule has 0 N–H and O–H groups in total. The smallest absolute Gasteiger partial charge is 0.151 e. The molecule has 2 heterocycles. The highest BCUT2D eigenvalue weighted by atomic mass is 16.5. The van der Waals surface area contributed by atoms with Crippen LogP contribution in [0.4, 0.5) is 28.4 Å². The molecule has 0 amide bonds. The van der Waals surface area contributed by atoms with Gasteiger partial charge in [-0.2, -0.15) is 0 Å². The van der Waals surface area contributed by atoms with Gasteiger partial charge in [-0.3, -0.25) is 0 Å². The Hall–Kier alpha value is -7.62. The highest BCUT2D eigenvalue weighted by Crippen LogP contribution is 2.47. The van der Waals surface area contributed by atoms with E-state index in [-0.39, 0.29) is 5.41 Å². The van der Waals surface area contributed by atoms with Crippen LogP contribution in [-0.4, -0.2) is 6.54 Å². The number of para-hydroxylation sites is 6. The molecule has 0 spiro atoms. The number of benzene rings is 8. The summed E-state index contributed by atoms with van der Waals surface area (Å²) in [5.74, 6) is 1.74. The fourth-order valence-electron chi connectivity index (χ4n) is 8.86. The van der Waals surface area contributed by atoms with Crippen LogP contribution in [0, 0.1) is 0 Å². The van der Waals surface area contributed by atoms with Crippen LogP contribution in [0.15, 0.2) is 195 Å². The van der Waals surface area contributed by atoms with Gasteiger partial charge in [-0.1, -0.05) is 197 Å². The first-order chi connectivity index (χ1) is 30.3. The maximum absolute atomic E-state index is 6.20. The van der Waals surface area contributed by atoms with Gasteiger partial charge in [0.2, 0.25) is 0 Å². The van der Waals surface area contributed by atoms with Crippen LogP contribution in [0.2, 0.25) is 0 Å². The minimum absolute atomic E-state index is 0.0745. The second-order valence-electron chi connectivity index (χ2n) is 17.1. The van der Waals surface area contributed by atoms with E-state index in [2.05, 4.69) is 225 Å². The molecule has 0 unspecified atom stereocenters. The largest absolute Gasteiger partial charge is 0.453 e. The summed E-state index contributed by atoms with van der Waals surface area (Å²) in [4.78, 5) is 4.72. The molecular weight excluding hydrogens is 753 g/mol. The number of nitrogens with zero attached hydrogens (tertiary/aromatic N) is 2. The summed E-state index contributed by atoms with van der Waals surface area (Å²) >= 11 is 0. The van der Waals surface area contributed by atoms with Crippen molar-refractivity contribution < 1.29 is 4.74 Å². The molecule has 0 fully saturated rings. The van der Waals surface area contributed by atoms with Crippen LogP contribution in [0.25, 0.3) is 51.8 Å². The van der Waals surface area contributed by atoms with Gasteiger partial charge >= 0.3 is 0 Å². The summed E-state index contributed by atoms with van der Waals surface area (Å²) in [7, 11) is 0. The van der Waals surface area contributed by atoms with E-state index in [1.165, 1.54) is 50.0 Å². The Kier molecular flexibility index (Phi) is 10.0. The van der Waals surface area contributed by atoms with E-state index in [0.29, 0.717) is 6.54 Å². The highest BCUT2D eigenvalue weighted by Gasteiger charge is 2.24. The lowest BCUT2D eigenvalue weighted by Gasteiger charge is -2.32. The van der Waals surface area contributed by atoms with E-state index in [0.717, 1.165) is 50.8 Å². The molecule has 0 aliphatic carbocycles. The number of allylic oxidation sites excluding steroid dienone is 2. The predicted molar refractivity (Wildman–Crippen MR) is 265 cm³/mol. The molecule has 62 heavy (non-hydrogen) atoms. The number of ether oxygens (including phenoxy) is 1. The van der Waals surface area contributed by atoms with Gasteiger partial charge < -0.3 is 14.5 Å². The monoisotopic (exact) mass is 800 g/mol. The fourth-order valence-corrected chi connectivity index (χ4v) is 8.86. The maximum atomic E-state index is 6.20. The molecule has 8 aromatic rings. The molecule has 3 heteroatoms. The van der Waals surface area contributed by atoms with E-state index < -0.39 is 0 Å². The van der Waals surface area contributed by atoms with Crippen molar-refractivity contribution in [3.05, 3.63) is 228 Å². The van der Waals surface area contributed by atoms with E-state index in [4.69, 9.17) is 4.74 Å². The zero-order chi connectivity index (χ0) is 42.2. The number of hydrogen-bond donors (Lipinski definition) is 0. The normalized spacial score (nSPS) is 13.1. The van der Waals surface area contributed by atoms with Crippen LogP contribution in [0.5, 0.6) is 11.5 Å². The van der Waals surface area contributed by atoms with E-state index in [1.807, 2.05) is 24.3 Å². The van der Waals surface area contributed by atoms with Gasteiger partial charge in [0.15, 0.2) is 11.5 Å². The van der Waals surface area contributed by atoms with Crippen molar-refractivity contribution in [2.75, 3.05) is 16.3 Å². The lowest BCUT2D eigenvalue weighted by atomic mass is 9.81. The molecule has 2 aliphatic rings. The first-order valence-corrected chi connectivity index (χ1v) is 21.4. The summed E-state index contributed by atoms with van der Waals surface area (Å²) in [6.07, 6.45) is 13.2. The summed E-state index contributed by atoms with van der Waals surface area (Å²) in [6.45, 7) is 12.1. The Balaban J connectivity index is 0.894. The van der Waals surface area contributed by atoms with E-state index in [1.54, 1.807) is 0 Å². The van der Waals surface area contributed by atoms with E-state index in [9.17, 15) is 0 Å². The third-order valence-electron chi connectivity index (χ3n) is 12.0. The van der Waals surface area contributed by atoms with Gasteiger partial charge in [0.25, 0.3) is 0 Å². The van der Waals surface area contributed by atoms with E-state index >= 15 is 0 Å². The lowest BCUT2D eigenvalue weighted by Crippen LogP contribution is -2.21. The maximum Gasteiger partial charge on any atom is 0.151 e. The van der Waals surface area contributed by atoms with Crippen molar-refractivity contribution >= 4 is 69.1 Å². The molecule has 300 valence electrons. The second kappa shape index (κ2) is 16.1. The molecule has 0 radical (unpaired) electrons. The standard InChI is InChI=1S/C59H48N2O/c1-41(16-15-39-60-55-23-11-13-25-57(55)62-58-26-14-12-24-56(58)60)47-36-31-43(40-51(47)59(2,3)4)28-27-42-29-32-44(33-30-42)48-37-38-54(50-20-8-7-19-49(48)50)61-52-21-9-5-17-45(52)34-35-46-18-6-10-22-53(46)61/h5-38,40H,1,39H2,2-4H3/b16-15-,28-27+. The van der Waals surface area contributed by atoms with Gasteiger partial charge in [0.1, 0.15) is 0 Å². The zero-order valence-corrected chi connectivity index (χ0v) is 35.4. The zero-order valence-electron chi connectivity index (χ0n) is 35.4. The number of fused-ring (bicyclic) bond motifs is 5. The molecule has 10 rings (SSSR count). The molecule has 0 bridgehead atoms. The highest BCUT2D eigenvalue weighted by molar-refractivity contribution is 6.08. The van der Waals surface area contributed by atoms with Crippen molar-refractivity contribution in [2.24, 2.45) is 0 Å². The van der Waals surface area contributed by atoms with Crippen LogP contribution in [-0.2, 0) is 5.41 Å². The second-order valence-corrected chi connectivity index (χ2v) is 17.1. The Bertz CT molecular complexity index is 2990. The Morgan fingerprint density at radius 1 is 0.548 bits per heavy atom. The topological polar surface area (TPSA) is 15.7 Å². The van der Waals surface area contributed by atoms with Gasteiger partial charge in [-0.15, -0.1) is 0 Å². The Labute approximate surface area is 365 Å². The van der Waals surface area contributed by atoms with Crippen LogP contribution in [0.1, 0.15) is 54.2 Å². The Morgan fingerprint density at radius 2 is 1.10 bits per heavy atom. The minimum Gasteiger partial charge on any atom is -0.453 e. The first kappa shape index (κ1) is 38.6. The Morgan fingerprint density at radius 3 is 1.74 bits per heavy atom. The molecular formula is C59H48N2O. The molecule has 0 saturated heterocycles. The average Bonchev–Trinajstić information content (AvgIpc) is 3.47. The van der Waals surface area contributed by atoms with Crippen molar-refractivity contribution in [2.45, 2.75) is 26.2 Å². The number of hydrogen-bond acceptors (Lipinski definition) is 3. The third-order valence-corrected chi connectivity index (χ3v) is 12.0. The lowest BCUT2D eigenvalue weighted by molar-refractivity contribution is 0.474. The quantitative estimate of drug-likeness (QED) is 0.112. The van der Waals surface area contributed by atoms with Crippen LogP contribution >= 0.6 is 0 Å². The van der Waals surface area contributed by atoms with Gasteiger partial charge in [0, 0.05) is 11.9 Å². The molecule has 2 aliphatic heterocycles. The summed E-state index contributed by atoms with van der Waals surface area (Å²) in [5, 5.41) is 2.44. The predicted octanol–water partition coefficient (Wildman–Crippen LogP) is 16.4. The van der Waals surface area contributed by atoms with Crippen molar-refractivity contribution in [3.8, 4) is 22.6 Å². The van der Waals surface area contributed by atoms with Crippen molar-refractivity contribution in [1.29, 1.82) is 0 Å². The minimum atomic E-state index is -0.0745. The molecule has 8 aromatic carbocycles. The average molecular weight is 801 g/mol. The number of rotatable bonds is 8. The van der Waals surface area contributed by atoms with Crippen LogP contribution < -0.4 is 14.5 Å². The number of anilines is 5. The van der Waals surface area contributed by atoms with Crippen LogP contribution in [0.3, 0.4) is 0 Å². The molecule has 0 atom stereocenters. The van der Waals surface area contributed by atoms with Gasteiger partial charge in [-0.25, -0.2) is 0 Å². The van der Waals surface area contributed by atoms with Crippen molar-refractivity contribution in [3.63, 3.8) is 0 Å². The SMILES string of the molecule is C=C(/C=C\CN1c2ccccc2Oc2ccccc21)c1ccc(/C=C/c2ccc(-c3ccc(N4c5ccccc5C=Cc5ccccc54)c4ccccc34)cc2)cc1C(C)(C)C. The summed E-state index contributed by atoms with van der Waals surface area (Å²) in [5.41, 5.74) is 16.1.